The Hall–Kier alpha value is -2.53. The quantitative estimate of drug-likeness (QED) is 0.780. The number of rotatable bonds is 4. The van der Waals surface area contributed by atoms with Crippen molar-refractivity contribution in [1.82, 2.24) is 4.90 Å². The van der Waals surface area contributed by atoms with E-state index in [-0.39, 0.29) is 5.91 Å². The lowest BCUT2D eigenvalue weighted by molar-refractivity contribution is -0.121. The Morgan fingerprint density at radius 3 is 2.71 bits per heavy atom. The number of amides is 1. The molecule has 0 bridgehead atoms. The fourth-order valence-corrected chi connectivity index (χ4v) is 3.26. The van der Waals surface area contributed by atoms with E-state index >= 15 is 0 Å². The number of amidine groups is 1. The molecule has 0 aromatic heterocycles. The van der Waals surface area contributed by atoms with E-state index < -0.39 is 0 Å². The Labute approximate surface area is 145 Å². The summed E-state index contributed by atoms with van der Waals surface area (Å²) >= 11 is 1.38. The number of ether oxygens (including phenoxy) is 1. The van der Waals surface area contributed by atoms with Gasteiger partial charge < -0.3 is 4.74 Å². The number of para-hydroxylation sites is 1. The van der Waals surface area contributed by atoms with Gasteiger partial charge in [-0.15, -0.1) is 0 Å². The number of aliphatic imine (C=N–C) groups is 1. The molecule has 1 amide bonds. The Balaban J connectivity index is 1.86. The molecule has 1 heterocycles. The van der Waals surface area contributed by atoms with E-state index in [2.05, 4.69) is 4.99 Å². The number of carbonyl (C=O) groups is 1. The summed E-state index contributed by atoms with van der Waals surface area (Å²) in [4.78, 5) is 19.2. The molecular formula is C19H18N2O2S. The number of benzene rings is 2. The summed E-state index contributed by atoms with van der Waals surface area (Å²) in [5.41, 5.74) is 1.77. The van der Waals surface area contributed by atoms with Gasteiger partial charge in [-0.2, -0.15) is 0 Å². The molecule has 1 aliphatic rings. The van der Waals surface area contributed by atoms with Crippen LogP contribution in [0, 0.1) is 0 Å². The molecular weight excluding hydrogens is 320 g/mol. The summed E-state index contributed by atoms with van der Waals surface area (Å²) in [6.45, 7) is 2.56. The highest BCUT2D eigenvalue weighted by molar-refractivity contribution is 8.18. The number of likely N-dealkylation sites (N-methyl/N-ethyl adjacent to an activating group) is 1. The van der Waals surface area contributed by atoms with Crippen molar-refractivity contribution in [2.45, 2.75) is 6.92 Å². The molecule has 24 heavy (non-hydrogen) atoms. The molecule has 1 fully saturated rings. The summed E-state index contributed by atoms with van der Waals surface area (Å²) in [7, 11) is 1.74. The van der Waals surface area contributed by atoms with Gasteiger partial charge >= 0.3 is 0 Å². The van der Waals surface area contributed by atoms with Crippen LogP contribution in [0.15, 0.2) is 64.5 Å². The fourth-order valence-electron chi connectivity index (χ4n) is 2.28. The number of nitrogens with zero attached hydrogens (tertiary/aromatic N) is 2. The summed E-state index contributed by atoms with van der Waals surface area (Å²) in [5, 5.41) is 0.679. The Morgan fingerprint density at radius 2 is 1.96 bits per heavy atom. The normalized spacial score (nSPS) is 17.8. The van der Waals surface area contributed by atoms with Crippen LogP contribution in [0.4, 0.5) is 5.69 Å². The van der Waals surface area contributed by atoms with Crippen LogP contribution in [-0.2, 0) is 4.79 Å². The van der Waals surface area contributed by atoms with Crippen LogP contribution in [0.1, 0.15) is 12.5 Å². The number of hydrogen-bond acceptors (Lipinski definition) is 4. The maximum atomic E-state index is 12.4. The highest BCUT2D eigenvalue weighted by Gasteiger charge is 2.30. The van der Waals surface area contributed by atoms with E-state index in [4.69, 9.17) is 4.74 Å². The third-order valence-corrected chi connectivity index (χ3v) is 4.51. The van der Waals surface area contributed by atoms with Gasteiger partial charge in [-0.05, 0) is 54.6 Å². The van der Waals surface area contributed by atoms with Gasteiger partial charge in [-0.1, -0.05) is 30.3 Å². The SMILES string of the molecule is CCOc1cccc(/C=C2/SC(=Nc3ccccc3)N(C)C2=O)c1. The Bertz CT molecular complexity index is 800. The van der Waals surface area contributed by atoms with Crippen molar-refractivity contribution in [3.05, 3.63) is 65.1 Å². The van der Waals surface area contributed by atoms with Gasteiger partial charge in [0.1, 0.15) is 5.75 Å². The van der Waals surface area contributed by atoms with Gasteiger partial charge in [-0.25, -0.2) is 4.99 Å². The molecule has 0 saturated carbocycles. The number of thioether (sulfide) groups is 1. The molecule has 1 saturated heterocycles. The topological polar surface area (TPSA) is 41.9 Å². The van der Waals surface area contributed by atoms with Crippen molar-refractivity contribution in [2.75, 3.05) is 13.7 Å². The molecule has 5 heteroatoms. The molecule has 0 spiro atoms. The summed E-state index contributed by atoms with van der Waals surface area (Å²) in [6, 6.07) is 17.3. The lowest BCUT2D eigenvalue weighted by Crippen LogP contribution is -2.23. The molecule has 0 N–H and O–H groups in total. The van der Waals surface area contributed by atoms with E-state index in [1.54, 1.807) is 11.9 Å². The first kappa shape index (κ1) is 16.3. The zero-order valence-corrected chi connectivity index (χ0v) is 14.4. The Morgan fingerprint density at radius 1 is 1.17 bits per heavy atom. The number of hydrogen-bond donors (Lipinski definition) is 0. The Kier molecular flexibility index (Phi) is 5.01. The van der Waals surface area contributed by atoms with Crippen molar-refractivity contribution < 1.29 is 9.53 Å². The van der Waals surface area contributed by atoms with Crippen LogP contribution >= 0.6 is 11.8 Å². The highest BCUT2D eigenvalue weighted by Crippen LogP contribution is 2.33. The maximum Gasteiger partial charge on any atom is 0.266 e. The smallest absolute Gasteiger partial charge is 0.266 e. The zero-order valence-electron chi connectivity index (χ0n) is 13.6. The second-order valence-electron chi connectivity index (χ2n) is 5.21. The van der Waals surface area contributed by atoms with Gasteiger partial charge in [0.2, 0.25) is 0 Å². The first-order chi connectivity index (χ1) is 11.7. The van der Waals surface area contributed by atoms with Gasteiger partial charge in [-0.3, -0.25) is 9.69 Å². The van der Waals surface area contributed by atoms with E-state index in [1.165, 1.54) is 11.8 Å². The monoisotopic (exact) mass is 338 g/mol. The van der Waals surface area contributed by atoms with Crippen LogP contribution in [0.25, 0.3) is 6.08 Å². The van der Waals surface area contributed by atoms with Gasteiger partial charge in [0.25, 0.3) is 5.91 Å². The second-order valence-corrected chi connectivity index (χ2v) is 6.22. The standard InChI is InChI=1S/C19H18N2O2S/c1-3-23-16-11-7-8-14(12-16)13-17-18(22)21(2)19(24-17)20-15-9-5-4-6-10-15/h4-13H,3H2,1-2H3/b17-13+,20-19?. The third kappa shape index (κ3) is 3.68. The van der Waals surface area contributed by atoms with Crippen molar-refractivity contribution in [3.63, 3.8) is 0 Å². The molecule has 1 aliphatic heterocycles. The summed E-state index contributed by atoms with van der Waals surface area (Å²) in [5.74, 6) is 0.755. The molecule has 2 aromatic carbocycles. The van der Waals surface area contributed by atoms with Gasteiger partial charge in [0.05, 0.1) is 17.2 Å². The third-order valence-electron chi connectivity index (χ3n) is 3.45. The molecule has 122 valence electrons. The van der Waals surface area contributed by atoms with Crippen LogP contribution in [0.2, 0.25) is 0 Å². The zero-order chi connectivity index (χ0) is 16.9. The molecule has 0 unspecified atom stereocenters. The van der Waals surface area contributed by atoms with Crippen molar-refractivity contribution >= 4 is 34.6 Å². The average Bonchev–Trinajstić information content (AvgIpc) is 2.85. The minimum Gasteiger partial charge on any atom is -0.494 e. The van der Waals surface area contributed by atoms with Crippen molar-refractivity contribution in [2.24, 2.45) is 4.99 Å². The molecule has 3 rings (SSSR count). The molecule has 0 radical (unpaired) electrons. The molecule has 0 aliphatic carbocycles. The van der Waals surface area contributed by atoms with E-state index in [1.807, 2.05) is 67.6 Å². The second kappa shape index (κ2) is 7.36. The fraction of sp³-hybridized carbons (Fsp3) is 0.158. The lowest BCUT2D eigenvalue weighted by Gasteiger charge is -2.06. The van der Waals surface area contributed by atoms with Crippen LogP contribution in [0.3, 0.4) is 0 Å². The largest absolute Gasteiger partial charge is 0.494 e. The molecule has 2 aromatic rings. The number of carbonyl (C=O) groups excluding carboxylic acids is 1. The highest BCUT2D eigenvalue weighted by atomic mass is 32.2. The predicted molar refractivity (Wildman–Crippen MR) is 99.5 cm³/mol. The van der Waals surface area contributed by atoms with Crippen LogP contribution in [0.5, 0.6) is 5.75 Å². The molecule has 0 atom stereocenters. The summed E-state index contributed by atoms with van der Waals surface area (Å²) in [6.07, 6.45) is 1.87. The van der Waals surface area contributed by atoms with Crippen LogP contribution in [-0.4, -0.2) is 29.6 Å². The minimum absolute atomic E-state index is 0.0449. The van der Waals surface area contributed by atoms with Crippen molar-refractivity contribution in [1.29, 1.82) is 0 Å². The van der Waals surface area contributed by atoms with E-state index in [0.717, 1.165) is 17.0 Å². The molecule has 4 nitrogen and oxygen atoms in total. The van der Waals surface area contributed by atoms with Gasteiger partial charge in [0.15, 0.2) is 5.17 Å². The van der Waals surface area contributed by atoms with Crippen LogP contribution < -0.4 is 4.74 Å². The minimum atomic E-state index is -0.0449. The first-order valence-corrected chi connectivity index (χ1v) is 8.53. The van der Waals surface area contributed by atoms with Gasteiger partial charge in [0, 0.05) is 7.05 Å². The lowest BCUT2D eigenvalue weighted by atomic mass is 10.2. The predicted octanol–water partition coefficient (Wildman–Crippen LogP) is 4.32. The first-order valence-electron chi connectivity index (χ1n) is 7.71. The average molecular weight is 338 g/mol. The van der Waals surface area contributed by atoms with E-state index in [0.29, 0.717) is 16.7 Å². The van der Waals surface area contributed by atoms with E-state index in [9.17, 15) is 4.79 Å². The van der Waals surface area contributed by atoms with Crippen molar-refractivity contribution in [3.8, 4) is 5.75 Å². The summed E-state index contributed by atoms with van der Waals surface area (Å²) < 4.78 is 5.50. The maximum absolute atomic E-state index is 12.4.